The van der Waals surface area contributed by atoms with Gasteiger partial charge in [0.15, 0.2) is 0 Å². The predicted molar refractivity (Wildman–Crippen MR) is 46.1 cm³/mol. The van der Waals surface area contributed by atoms with E-state index in [1.807, 2.05) is 0 Å². The van der Waals surface area contributed by atoms with Crippen LogP contribution >= 0.6 is 0 Å². The van der Waals surface area contributed by atoms with E-state index in [0.717, 1.165) is 11.8 Å². The van der Waals surface area contributed by atoms with Gasteiger partial charge in [-0.3, -0.25) is 0 Å². The summed E-state index contributed by atoms with van der Waals surface area (Å²) >= 11 is 0. The van der Waals surface area contributed by atoms with Crippen LogP contribution in [0.3, 0.4) is 0 Å². The molecule has 0 radical (unpaired) electrons. The topological polar surface area (TPSA) is 17.1 Å². The molecule has 1 nitrogen and oxygen atoms in total. The third-order valence-electron chi connectivity index (χ3n) is 1.41. The van der Waals surface area contributed by atoms with Crippen molar-refractivity contribution < 1.29 is 9.18 Å². The first-order chi connectivity index (χ1) is 5.83. The van der Waals surface area contributed by atoms with Gasteiger partial charge in [0.05, 0.1) is 0 Å². The van der Waals surface area contributed by atoms with E-state index in [1.54, 1.807) is 24.3 Å². The van der Waals surface area contributed by atoms with Crippen molar-refractivity contribution in [1.29, 1.82) is 0 Å². The van der Waals surface area contributed by atoms with Crippen LogP contribution in [0, 0.1) is 5.82 Å². The Morgan fingerprint density at radius 2 is 1.92 bits per heavy atom. The van der Waals surface area contributed by atoms with Crippen LogP contribution in [-0.2, 0) is 4.79 Å². The van der Waals surface area contributed by atoms with Crippen LogP contribution in [-0.4, -0.2) is 6.29 Å². The summed E-state index contributed by atoms with van der Waals surface area (Å²) in [5.41, 5.74) is 0.901. The number of halogens is 1. The second-order valence-electron chi connectivity index (χ2n) is 2.36. The van der Waals surface area contributed by atoms with Crippen molar-refractivity contribution in [2.75, 3.05) is 0 Å². The van der Waals surface area contributed by atoms with Crippen LogP contribution in [0.2, 0.25) is 0 Å². The van der Waals surface area contributed by atoms with E-state index in [9.17, 15) is 9.18 Å². The van der Waals surface area contributed by atoms with Crippen molar-refractivity contribution in [3.05, 3.63) is 41.7 Å². The summed E-state index contributed by atoms with van der Waals surface area (Å²) in [4.78, 5) is 9.94. The number of benzene rings is 1. The molecule has 1 aromatic carbocycles. The highest BCUT2D eigenvalue weighted by molar-refractivity contribution is 5.57. The molecule has 0 bridgehead atoms. The molecule has 0 N–H and O–H groups in total. The number of carbonyl (C=O) groups is 1. The molecule has 0 amide bonds. The monoisotopic (exact) mass is 164 g/mol. The highest BCUT2D eigenvalue weighted by Crippen LogP contribution is 2.04. The fourth-order valence-corrected chi connectivity index (χ4v) is 0.834. The molecule has 1 rings (SSSR count). The second kappa shape index (κ2) is 4.44. The molecule has 0 aliphatic rings. The third kappa shape index (κ3) is 2.66. The fourth-order valence-electron chi connectivity index (χ4n) is 0.834. The van der Waals surface area contributed by atoms with Crippen LogP contribution < -0.4 is 0 Å². The molecule has 0 saturated carbocycles. The lowest BCUT2D eigenvalue weighted by molar-refractivity contribution is -0.107. The number of hydrogen-bond acceptors (Lipinski definition) is 1. The Labute approximate surface area is 70.5 Å². The number of aldehydes is 1. The molecule has 0 aliphatic carbocycles. The van der Waals surface area contributed by atoms with Gasteiger partial charge < -0.3 is 4.79 Å². The van der Waals surface area contributed by atoms with E-state index in [-0.39, 0.29) is 5.82 Å². The Balaban J connectivity index is 2.64. The zero-order chi connectivity index (χ0) is 8.81. The molecule has 0 saturated heterocycles. The minimum absolute atomic E-state index is 0.248. The van der Waals surface area contributed by atoms with Gasteiger partial charge in [-0.15, -0.1) is 0 Å². The quantitative estimate of drug-likeness (QED) is 0.627. The fraction of sp³-hybridized carbons (Fsp3) is 0.100. The Hall–Kier alpha value is -1.44. The average molecular weight is 164 g/mol. The standard InChI is InChI=1S/C10H9FO/c11-10-6-4-9(5-7-10)3-1-2-8-12/h1,3-8H,2H2. The van der Waals surface area contributed by atoms with Gasteiger partial charge in [-0.1, -0.05) is 24.3 Å². The molecule has 0 aromatic heterocycles. The first-order valence-corrected chi connectivity index (χ1v) is 3.68. The van der Waals surface area contributed by atoms with Gasteiger partial charge in [0.1, 0.15) is 12.1 Å². The number of carbonyl (C=O) groups excluding carboxylic acids is 1. The van der Waals surface area contributed by atoms with Crippen LogP contribution in [0.25, 0.3) is 6.08 Å². The van der Waals surface area contributed by atoms with E-state index in [1.165, 1.54) is 12.1 Å². The third-order valence-corrected chi connectivity index (χ3v) is 1.41. The minimum atomic E-state index is -0.248. The van der Waals surface area contributed by atoms with Crippen molar-refractivity contribution in [2.24, 2.45) is 0 Å². The van der Waals surface area contributed by atoms with Crippen molar-refractivity contribution in [1.82, 2.24) is 0 Å². The van der Waals surface area contributed by atoms with Gasteiger partial charge in [-0.25, -0.2) is 4.39 Å². The summed E-state index contributed by atoms with van der Waals surface area (Å²) < 4.78 is 12.4. The maximum atomic E-state index is 12.4. The van der Waals surface area contributed by atoms with Crippen molar-refractivity contribution in [3.63, 3.8) is 0 Å². The van der Waals surface area contributed by atoms with Gasteiger partial charge in [0.2, 0.25) is 0 Å². The predicted octanol–water partition coefficient (Wildman–Crippen LogP) is 2.43. The van der Waals surface area contributed by atoms with E-state index in [2.05, 4.69) is 0 Å². The molecular weight excluding hydrogens is 155 g/mol. The van der Waals surface area contributed by atoms with E-state index < -0.39 is 0 Å². The first kappa shape index (κ1) is 8.65. The van der Waals surface area contributed by atoms with E-state index in [0.29, 0.717) is 6.42 Å². The Morgan fingerprint density at radius 3 is 2.50 bits per heavy atom. The summed E-state index contributed by atoms with van der Waals surface area (Å²) in [6, 6.07) is 6.11. The molecule has 0 heterocycles. The first-order valence-electron chi connectivity index (χ1n) is 3.68. The zero-order valence-electron chi connectivity index (χ0n) is 6.53. The molecule has 1 aromatic rings. The molecule has 0 aliphatic heterocycles. The van der Waals surface area contributed by atoms with Crippen molar-refractivity contribution in [2.45, 2.75) is 6.42 Å². The van der Waals surface area contributed by atoms with Crippen LogP contribution in [0.5, 0.6) is 0 Å². The van der Waals surface area contributed by atoms with Gasteiger partial charge in [-0.2, -0.15) is 0 Å². The Bertz CT molecular complexity index is 274. The number of allylic oxidation sites excluding steroid dienone is 1. The Kier molecular flexibility index (Phi) is 3.20. The lowest BCUT2D eigenvalue weighted by atomic mass is 10.2. The van der Waals surface area contributed by atoms with Gasteiger partial charge >= 0.3 is 0 Å². The number of rotatable bonds is 3. The van der Waals surface area contributed by atoms with Crippen LogP contribution in [0.1, 0.15) is 12.0 Å². The lowest BCUT2D eigenvalue weighted by Crippen LogP contribution is -1.74. The molecule has 2 heteroatoms. The highest BCUT2D eigenvalue weighted by Gasteiger charge is 1.87. The Morgan fingerprint density at radius 1 is 1.25 bits per heavy atom. The lowest BCUT2D eigenvalue weighted by Gasteiger charge is -1.90. The summed E-state index contributed by atoms with van der Waals surface area (Å²) in [5.74, 6) is -0.248. The molecule has 0 atom stereocenters. The largest absolute Gasteiger partial charge is 0.303 e. The van der Waals surface area contributed by atoms with Gasteiger partial charge in [0.25, 0.3) is 0 Å². The highest BCUT2D eigenvalue weighted by atomic mass is 19.1. The second-order valence-corrected chi connectivity index (χ2v) is 2.36. The molecule has 62 valence electrons. The van der Waals surface area contributed by atoms with Crippen molar-refractivity contribution >= 4 is 12.4 Å². The van der Waals surface area contributed by atoms with Gasteiger partial charge in [0, 0.05) is 6.42 Å². The summed E-state index contributed by atoms with van der Waals surface area (Å²) in [6.45, 7) is 0. The number of hydrogen-bond donors (Lipinski definition) is 0. The molecule has 12 heavy (non-hydrogen) atoms. The molecule has 0 unspecified atom stereocenters. The summed E-state index contributed by atoms with van der Waals surface area (Å²) in [6.07, 6.45) is 4.74. The molecule has 0 fully saturated rings. The average Bonchev–Trinajstić information content (AvgIpc) is 2.09. The zero-order valence-corrected chi connectivity index (χ0v) is 6.53. The SMILES string of the molecule is O=CCC=Cc1ccc(F)cc1. The van der Waals surface area contributed by atoms with Crippen molar-refractivity contribution in [3.8, 4) is 0 Å². The maximum absolute atomic E-state index is 12.4. The summed E-state index contributed by atoms with van der Waals surface area (Å²) in [7, 11) is 0. The van der Waals surface area contributed by atoms with Gasteiger partial charge in [-0.05, 0) is 17.7 Å². The molecular formula is C10H9FO. The smallest absolute Gasteiger partial charge is 0.123 e. The summed E-state index contributed by atoms with van der Waals surface area (Å²) in [5, 5.41) is 0. The van der Waals surface area contributed by atoms with E-state index in [4.69, 9.17) is 0 Å². The van der Waals surface area contributed by atoms with E-state index >= 15 is 0 Å². The minimum Gasteiger partial charge on any atom is -0.303 e. The molecule has 0 spiro atoms. The normalized spacial score (nSPS) is 10.4. The maximum Gasteiger partial charge on any atom is 0.123 e. The van der Waals surface area contributed by atoms with Crippen LogP contribution in [0.15, 0.2) is 30.3 Å². The van der Waals surface area contributed by atoms with Crippen LogP contribution in [0.4, 0.5) is 4.39 Å².